The normalized spacial score (nSPS) is 18.9. The van der Waals surface area contributed by atoms with Crippen LogP contribution in [0.5, 0.6) is 0 Å². The Balaban J connectivity index is 1.57. The van der Waals surface area contributed by atoms with E-state index >= 15 is 0 Å². The van der Waals surface area contributed by atoms with Gasteiger partial charge in [0.2, 0.25) is 0 Å². The molecular weight excluding hydrogens is 366 g/mol. The summed E-state index contributed by atoms with van der Waals surface area (Å²) in [6, 6.07) is 3.50. The third-order valence-corrected chi connectivity index (χ3v) is 6.72. The number of benzene rings is 1. The van der Waals surface area contributed by atoms with Gasteiger partial charge in [-0.05, 0) is 63.8 Å². The van der Waals surface area contributed by atoms with Crippen molar-refractivity contribution < 1.29 is 23.6 Å². The fraction of sp³-hybridized carbons (Fsp3) is 0.600. The van der Waals surface area contributed by atoms with E-state index < -0.39 is 16.8 Å². The second-order valence-corrected chi connectivity index (χ2v) is 9.68. The van der Waals surface area contributed by atoms with Gasteiger partial charge in [0.05, 0.1) is 5.56 Å². The lowest BCUT2D eigenvalue weighted by Crippen LogP contribution is -2.42. The van der Waals surface area contributed by atoms with Gasteiger partial charge in [0.1, 0.15) is 18.0 Å². The monoisotopic (exact) mass is 393 g/mol. The number of likely N-dealkylation sites (tertiary alicyclic amines) is 1. The largest absolute Gasteiger partial charge is 0.611 e. The Morgan fingerprint density at radius 1 is 1.33 bits per heavy atom. The predicted molar refractivity (Wildman–Crippen MR) is 102 cm³/mol. The molecule has 1 fully saturated rings. The number of hydrogen-bond acceptors (Lipinski definition) is 5. The number of nitrogens with zero attached hydrogens (tertiary/aromatic N) is 1. The summed E-state index contributed by atoms with van der Waals surface area (Å²) in [5.74, 6) is 0.561. The van der Waals surface area contributed by atoms with Gasteiger partial charge < -0.3 is 18.9 Å². The molecule has 1 aromatic rings. The maximum atomic E-state index is 12.9. The molecule has 3 rings (SSSR count). The minimum atomic E-state index is -1.14. The summed E-state index contributed by atoms with van der Waals surface area (Å²) in [7, 11) is 0. The Bertz CT molecular complexity index is 735. The number of rotatable bonds is 3. The smallest absolute Gasteiger partial charge is 0.410 e. The molecule has 7 heteroatoms. The van der Waals surface area contributed by atoms with Gasteiger partial charge in [-0.3, -0.25) is 0 Å². The highest BCUT2D eigenvalue weighted by Crippen LogP contribution is 2.31. The van der Waals surface area contributed by atoms with Crippen molar-refractivity contribution in [2.75, 3.05) is 18.8 Å². The Labute approximate surface area is 163 Å². The first-order chi connectivity index (χ1) is 12.7. The Hall–Kier alpha value is -1.73. The number of piperidine rings is 1. The van der Waals surface area contributed by atoms with Gasteiger partial charge >= 0.3 is 12.1 Å². The number of ether oxygens (including phenoxy) is 2. The average Bonchev–Trinajstić information content (AvgIpc) is 2.96. The van der Waals surface area contributed by atoms with Crippen molar-refractivity contribution in [3.63, 3.8) is 0 Å². The number of amides is 1. The van der Waals surface area contributed by atoms with Crippen LogP contribution in [0.4, 0.5) is 4.79 Å². The van der Waals surface area contributed by atoms with Crippen LogP contribution in [0, 0.1) is 12.8 Å². The lowest BCUT2D eigenvalue weighted by atomic mass is 9.99. The fourth-order valence-electron chi connectivity index (χ4n) is 3.49. The maximum absolute atomic E-state index is 12.9. The lowest BCUT2D eigenvalue weighted by Gasteiger charge is -2.33. The zero-order valence-corrected chi connectivity index (χ0v) is 17.2. The van der Waals surface area contributed by atoms with Crippen molar-refractivity contribution in [1.82, 2.24) is 4.90 Å². The third-order valence-electron chi connectivity index (χ3n) is 5.01. The second-order valence-electron chi connectivity index (χ2n) is 8.21. The molecule has 0 saturated carbocycles. The summed E-state index contributed by atoms with van der Waals surface area (Å²) in [6.07, 6.45) is 1.36. The topological polar surface area (TPSA) is 78.9 Å². The minimum absolute atomic E-state index is 0.263. The van der Waals surface area contributed by atoms with Crippen molar-refractivity contribution in [3.8, 4) is 0 Å². The van der Waals surface area contributed by atoms with Crippen LogP contribution in [0.2, 0.25) is 0 Å². The molecule has 2 heterocycles. The summed E-state index contributed by atoms with van der Waals surface area (Å²) >= 11 is -1.14. The molecule has 0 N–H and O–H groups in total. The van der Waals surface area contributed by atoms with Gasteiger partial charge in [-0.2, -0.15) is 0 Å². The van der Waals surface area contributed by atoms with Gasteiger partial charge in [-0.15, -0.1) is 0 Å². The maximum Gasteiger partial charge on any atom is 0.410 e. The molecule has 6 nitrogen and oxygen atoms in total. The van der Waals surface area contributed by atoms with E-state index in [1.807, 2.05) is 27.7 Å². The molecule has 0 spiro atoms. The number of carbonyl (C=O) groups excluding carboxylic acids is 2. The molecule has 148 valence electrons. The quantitative estimate of drug-likeness (QED) is 0.581. The van der Waals surface area contributed by atoms with Crippen molar-refractivity contribution in [3.05, 3.63) is 28.8 Å². The summed E-state index contributed by atoms with van der Waals surface area (Å²) in [4.78, 5) is 26.3. The Morgan fingerprint density at radius 2 is 2.00 bits per heavy atom. The van der Waals surface area contributed by atoms with Crippen LogP contribution >= 0.6 is 0 Å². The molecule has 0 aromatic heterocycles. The molecule has 1 amide bonds. The van der Waals surface area contributed by atoms with Crippen LogP contribution in [0.15, 0.2) is 17.0 Å². The standard InChI is InChI=1S/C20H27NO5S/c1-13-16-11-25-18(22)15(16)5-6-17(13)27(24)12-14-7-9-21(10-8-14)19(23)26-20(2,3)4/h5-6,14H,7-12H2,1-4H3. The predicted octanol–water partition coefficient (Wildman–Crippen LogP) is 3.42. The van der Waals surface area contributed by atoms with Crippen LogP contribution in [0.3, 0.4) is 0 Å². The molecule has 2 aliphatic rings. The minimum Gasteiger partial charge on any atom is -0.611 e. The molecule has 0 aliphatic carbocycles. The van der Waals surface area contributed by atoms with E-state index in [9.17, 15) is 14.1 Å². The van der Waals surface area contributed by atoms with Crippen molar-refractivity contribution in [2.45, 2.75) is 57.6 Å². The Morgan fingerprint density at radius 3 is 2.63 bits per heavy atom. The summed E-state index contributed by atoms with van der Waals surface area (Å²) in [5.41, 5.74) is 1.83. The lowest BCUT2D eigenvalue weighted by molar-refractivity contribution is 0.0190. The van der Waals surface area contributed by atoms with Crippen molar-refractivity contribution >= 4 is 23.2 Å². The number of fused-ring (bicyclic) bond motifs is 1. The highest BCUT2D eigenvalue weighted by atomic mass is 32.2. The molecule has 0 radical (unpaired) electrons. The molecule has 1 aromatic carbocycles. The fourth-order valence-corrected chi connectivity index (χ4v) is 5.11. The van der Waals surface area contributed by atoms with E-state index in [1.54, 1.807) is 17.0 Å². The van der Waals surface area contributed by atoms with Crippen LogP contribution in [-0.4, -0.2) is 46.0 Å². The number of esters is 1. The zero-order chi connectivity index (χ0) is 19.8. The van der Waals surface area contributed by atoms with Crippen LogP contribution in [0.1, 0.15) is 55.1 Å². The summed E-state index contributed by atoms with van der Waals surface area (Å²) in [6.45, 7) is 9.00. The first-order valence-corrected chi connectivity index (χ1v) is 10.6. The van der Waals surface area contributed by atoms with Crippen molar-refractivity contribution in [1.29, 1.82) is 0 Å². The van der Waals surface area contributed by atoms with Crippen LogP contribution in [0.25, 0.3) is 0 Å². The van der Waals surface area contributed by atoms with Gasteiger partial charge in [-0.25, -0.2) is 9.59 Å². The van der Waals surface area contributed by atoms with Gasteiger partial charge in [0.25, 0.3) is 0 Å². The first kappa shape index (κ1) is 20.0. The highest BCUT2D eigenvalue weighted by molar-refractivity contribution is 7.91. The molecule has 1 saturated heterocycles. The highest BCUT2D eigenvalue weighted by Gasteiger charge is 2.31. The van der Waals surface area contributed by atoms with Crippen LogP contribution < -0.4 is 0 Å². The van der Waals surface area contributed by atoms with E-state index in [0.717, 1.165) is 28.9 Å². The van der Waals surface area contributed by atoms with E-state index in [2.05, 4.69) is 0 Å². The SMILES string of the molecule is Cc1c([S+]([O-])CC2CCN(C(=O)OC(C)(C)C)CC2)ccc2c1COC2=O. The number of carbonyl (C=O) groups is 2. The molecule has 27 heavy (non-hydrogen) atoms. The van der Waals surface area contributed by atoms with E-state index in [4.69, 9.17) is 9.47 Å². The van der Waals surface area contributed by atoms with Gasteiger partial charge in [0.15, 0.2) is 4.90 Å². The van der Waals surface area contributed by atoms with E-state index in [1.165, 1.54) is 0 Å². The summed E-state index contributed by atoms with van der Waals surface area (Å²) < 4.78 is 23.4. The number of hydrogen-bond donors (Lipinski definition) is 0. The third kappa shape index (κ3) is 4.58. The molecule has 1 atom stereocenters. The van der Waals surface area contributed by atoms with Crippen LogP contribution in [-0.2, 0) is 27.3 Å². The van der Waals surface area contributed by atoms with Gasteiger partial charge in [-0.1, -0.05) is 0 Å². The zero-order valence-electron chi connectivity index (χ0n) is 16.4. The van der Waals surface area contributed by atoms with E-state index in [-0.39, 0.29) is 18.7 Å². The van der Waals surface area contributed by atoms with Crippen molar-refractivity contribution in [2.24, 2.45) is 5.92 Å². The van der Waals surface area contributed by atoms with E-state index in [0.29, 0.717) is 30.3 Å². The first-order valence-electron chi connectivity index (χ1n) is 9.31. The van der Waals surface area contributed by atoms with Gasteiger partial charge in [0, 0.05) is 30.1 Å². The Kier molecular flexibility index (Phi) is 5.72. The molecular formula is C20H27NO5S. The summed E-state index contributed by atoms with van der Waals surface area (Å²) in [5, 5.41) is 0. The average molecular weight is 394 g/mol. The molecule has 2 aliphatic heterocycles. The number of cyclic esters (lactones) is 1. The molecule has 1 unspecified atom stereocenters. The second kappa shape index (κ2) is 7.72. The molecule has 0 bridgehead atoms.